The number of hydrogen-bond donors (Lipinski definition) is 20. The fourth-order valence-electron chi connectivity index (χ4n) is 11.1. The number of aromatic hydroxyl groups is 1. The number of phenolic OH excluding ortho intramolecular Hbond substituents is 1. The summed E-state index contributed by atoms with van der Waals surface area (Å²) in [5, 5.41) is 76.7. The summed E-state index contributed by atoms with van der Waals surface area (Å²) in [4.78, 5) is 196. The lowest BCUT2D eigenvalue weighted by molar-refractivity contribution is -0.142. The molecular weight excluding hydrogens is 1360 g/mol. The molecule has 0 saturated carbocycles. The number of aromatic nitrogens is 4. The maximum atomic E-state index is 14.9. The van der Waals surface area contributed by atoms with Gasteiger partial charge in [-0.2, -0.15) is 0 Å². The molecule has 3 aromatic carbocycles. The van der Waals surface area contributed by atoms with Gasteiger partial charge in [-0.25, -0.2) is 0 Å². The van der Waals surface area contributed by atoms with E-state index in [9.17, 15) is 82.4 Å². The van der Waals surface area contributed by atoms with Gasteiger partial charge in [0.25, 0.3) is 0 Å². The second-order valence-corrected chi connectivity index (χ2v) is 25.3. The summed E-state index contributed by atoms with van der Waals surface area (Å²) in [7, 11) is 0. The number of primary amides is 2. The van der Waals surface area contributed by atoms with Gasteiger partial charge in [-0.1, -0.05) is 79.7 Å². The normalized spacial score (nSPS) is 18.5. The van der Waals surface area contributed by atoms with Gasteiger partial charge in [0.2, 0.25) is 76.8 Å². The lowest BCUT2D eigenvalue weighted by atomic mass is 9.99. The molecule has 560 valence electrons. The van der Waals surface area contributed by atoms with E-state index >= 15 is 0 Å². The lowest BCUT2D eigenvalue weighted by Crippen LogP contribution is -2.61. The van der Waals surface area contributed by atoms with Crippen LogP contribution in [0.5, 0.6) is 5.75 Å². The molecule has 3 heterocycles. The van der Waals surface area contributed by atoms with Gasteiger partial charge in [-0.3, -0.25) is 77.2 Å². The van der Waals surface area contributed by atoms with Gasteiger partial charge in [0.1, 0.15) is 72.2 Å². The zero-order chi connectivity index (χ0) is 76.3. The van der Waals surface area contributed by atoms with E-state index in [1.54, 1.807) is 60.8 Å². The summed E-state index contributed by atoms with van der Waals surface area (Å²) in [6, 6.07) is 3.60. The average Bonchev–Trinajstić information content (AvgIpc) is 1.59. The second-order valence-electron chi connectivity index (χ2n) is 25.3. The van der Waals surface area contributed by atoms with Gasteiger partial charge in [0, 0.05) is 75.4 Å². The smallest absolute Gasteiger partial charge is 0.305 e. The van der Waals surface area contributed by atoms with E-state index in [1.807, 2.05) is 0 Å². The maximum Gasteiger partial charge on any atom is 0.305 e. The molecule has 0 unspecified atom stereocenters. The Morgan fingerprint density at radius 3 is 1.94 bits per heavy atom. The Balaban J connectivity index is 1.29. The standard InChI is InChI=1S/C67H90N20O17/c1-34(2)55-66(104)83-51(30-54(92)93)63(101)77-45(60(98)79-47(56(69)94)26-38-18-20-41(90)21-19-38)17-11-25-87-32-40(85-86-87)29-50(62(100)81-48(64(102)84-55)27-37-12-6-5-7-13-37)80-57(95)35(3)74-58(96)46(22-23-53(68)91)78-59(97)44(16-10-24-72-67(70)71)76-61(99)49(82-65(103)52(33-88)75-36(4)89)28-39-31-73-43-15-9-8-14-42(39)43/h5-9,12-15,18-21,31-32,34-35,44-52,55,73,88,90H,10-11,16-17,22-30,33H2,1-4H3,(H2,68,91)(H2,69,94)(H,74,96)(H,75,89)(H,76,99)(H,77,101)(H,78,97)(H,79,98)(H,80,95)(H,81,100)(H,82,103)(H,83,104)(H,84,102)(H,92,93)(H4,70,71,72)/t35-,44-,45-,46-,47-,48-,49-,50-,51-,52-,55-/m0/s1. The summed E-state index contributed by atoms with van der Waals surface area (Å²) in [6.07, 6.45) is -0.499. The molecular formula is C67H90N20O17. The minimum Gasteiger partial charge on any atom is -0.508 e. The first-order valence-electron chi connectivity index (χ1n) is 33.4. The van der Waals surface area contributed by atoms with Crippen molar-refractivity contribution in [2.45, 2.75) is 171 Å². The minimum atomic E-state index is -1.88. The molecule has 1 aliphatic rings. The van der Waals surface area contributed by atoms with Crippen LogP contribution in [0.4, 0.5) is 0 Å². The number of aliphatic carboxylic acids is 1. The van der Waals surface area contributed by atoms with Crippen molar-refractivity contribution >= 4 is 99.6 Å². The number of fused-ring (bicyclic) bond motifs is 3. The van der Waals surface area contributed by atoms with E-state index in [-0.39, 0.29) is 69.5 Å². The number of carbonyl (C=O) groups is 14. The van der Waals surface area contributed by atoms with Crippen LogP contribution in [0.15, 0.2) is 91.3 Å². The van der Waals surface area contributed by atoms with Crippen LogP contribution in [0, 0.1) is 11.3 Å². The highest BCUT2D eigenvalue weighted by molar-refractivity contribution is 6.00. The highest BCUT2D eigenvalue weighted by Gasteiger charge is 2.38. The lowest BCUT2D eigenvalue weighted by Gasteiger charge is -2.29. The van der Waals surface area contributed by atoms with Gasteiger partial charge in [0.05, 0.1) is 18.7 Å². The first-order valence-corrected chi connectivity index (χ1v) is 33.4. The summed E-state index contributed by atoms with van der Waals surface area (Å²) >= 11 is 0. The maximum absolute atomic E-state index is 14.9. The Morgan fingerprint density at radius 1 is 0.673 bits per heavy atom. The summed E-state index contributed by atoms with van der Waals surface area (Å²) in [6.45, 7) is 4.46. The molecule has 2 aromatic heterocycles. The van der Waals surface area contributed by atoms with Gasteiger partial charge in [0.15, 0.2) is 5.96 Å². The molecule has 37 heteroatoms. The number of aryl methyl sites for hydroxylation is 1. The number of guanidine groups is 1. The van der Waals surface area contributed by atoms with Crippen molar-refractivity contribution in [3.8, 4) is 5.75 Å². The Labute approximate surface area is 596 Å². The number of para-hydroxylation sites is 1. The molecule has 104 heavy (non-hydrogen) atoms. The number of rotatable bonds is 31. The molecule has 1 aliphatic heterocycles. The SMILES string of the molecule is CC(=O)N[C@@H](CO)C(=O)N[C@@H](Cc1c[nH]c2ccccc12)C(=O)N[C@@H](CCCNC(=N)N)C(=O)N[C@@H](CCC(N)=O)C(=O)N[C@@H](C)C(=O)N[C@H]1Cc2cn(nn2)CCC[C@@H](C(=O)N[C@@H](Cc2ccc(O)cc2)C(N)=O)NC(=O)[C@H](CC(=O)O)NC(=O)[C@H](C(C)C)NC(=O)[C@H](Cc2ccccc2)NC1=O. The first kappa shape index (κ1) is 80.9. The number of nitrogens with two attached hydrogens (primary N) is 3. The van der Waals surface area contributed by atoms with Crippen molar-refractivity contribution in [3.63, 3.8) is 0 Å². The van der Waals surface area contributed by atoms with Crippen LogP contribution in [0.25, 0.3) is 10.9 Å². The number of carboxylic acids is 1. The molecule has 11 atom stereocenters. The van der Waals surface area contributed by atoms with Crippen LogP contribution < -0.4 is 81.0 Å². The zero-order valence-corrected chi connectivity index (χ0v) is 57.6. The number of aliphatic hydroxyl groups excluding tert-OH is 1. The number of benzene rings is 3. The molecule has 0 radical (unpaired) electrons. The Kier molecular flexibility index (Phi) is 30.5. The van der Waals surface area contributed by atoms with Crippen LogP contribution in [-0.4, -0.2) is 204 Å². The van der Waals surface area contributed by atoms with Crippen LogP contribution >= 0.6 is 0 Å². The number of amides is 13. The molecule has 0 spiro atoms. The highest BCUT2D eigenvalue weighted by Crippen LogP contribution is 2.21. The third kappa shape index (κ3) is 25.5. The van der Waals surface area contributed by atoms with E-state index in [1.165, 1.54) is 55.9 Å². The average molecular weight is 1450 g/mol. The molecule has 5 aromatic rings. The van der Waals surface area contributed by atoms with E-state index in [4.69, 9.17) is 22.6 Å². The summed E-state index contributed by atoms with van der Waals surface area (Å²) in [5.41, 5.74) is 19.0. The van der Waals surface area contributed by atoms with E-state index in [2.05, 4.69) is 79.1 Å². The van der Waals surface area contributed by atoms with Gasteiger partial charge >= 0.3 is 5.97 Å². The Bertz CT molecular complexity index is 3900. The molecule has 2 bridgehead atoms. The number of carboxylic acid groups (broad SMARTS) is 1. The third-order valence-corrected chi connectivity index (χ3v) is 16.6. The van der Waals surface area contributed by atoms with E-state index in [0.29, 0.717) is 27.6 Å². The predicted molar refractivity (Wildman–Crippen MR) is 370 cm³/mol. The quantitative estimate of drug-likeness (QED) is 0.0112. The van der Waals surface area contributed by atoms with Crippen molar-refractivity contribution in [1.29, 1.82) is 5.41 Å². The Hall–Kier alpha value is -12.1. The van der Waals surface area contributed by atoms with Crippen molar-refractivity contribution < 1.29 is 82.4 Å². The number of nitrogens with one attached hydrogen (secondary N) is 14. The van der Waals surface area contributed by atoms with E-state index in [0.717, 1.165) is 6.92 Å². The van der Waals surface area contributed by atoms with Crippen molar-refractivity contribution in [2.75, 3.05) is 13.2 Å². The number of H-pyrrole nitrogens is 1. The van der Waals surface area contributed by atoms with Gasteiger partial charge < -0.3 is 101 Å². The van der Waals surface area contributed by atoms with Crippen molar-refractivity contribution in [2.24, 2.45) is 23.1 Å². The molecule has 0 fully saturated rings. The van der Waals surface area contributed by atoms with Crippen LogP contribution in [-0.2, 0) is 99.4 Å². The molecule has 37 nitrogen and oxygen atoms in total. The fourth-order valence-corrected chi connectivity index (χ4v) is 11.1. The van der Waals surface area contributed by atoms with E-state index < -0.39 is 193 Å². The first-order chi connectivity index (χ1) is 49.4. The number of phenols is 1. The largest absolute Gasteiger partial charge is 0.508 e. The number of aromatic amines is 1. The summed E-state index contributed by atoms with van der Waals surface area (Å²) in [5.74, 6) is -15.6. The van der Waals surface area contributed by atoms with Gasteiger partial charge in [-0.05, 0) is 79.8 Å². The number of aliphatic hydroxyl groups is 1. The van der Waals surface area contributed by atoms with Crippen molar-refractivity contribution in [3.05, 3.63) is 114 Å². The van der Waals surface area contributed by atoms with Crippen LogP contribution in [0.3, 0.4) is 0 Å². The number of hydrogen-bond acceptors (Lipinski definition) is 19. The van der Waals surface area contributed by atoms with Crippen LogP contribution in [0.1, 0.15) is 95.0 Å². The number of nitrogens with zero attached hydrogens (tertiary/aromatic N) is 3. The minimum absolute atomic E-state index is 0.00269. The third-order valence-electron chi connectivity index (χ3n) is 16.6. The Morgan fingerprint density at radius 2 is 1.30 bits per heavy atom. The molecule has 0 aliphatic carbocycles. The van der Waals surface area contributed by atoms with Gasteiger partial charge in [-0.15, -0.1) is 5.10 Å². The molecule has 0 saturated heterocycles. The zero-order valence-electron chi connectivity index (χ0n) is 57.6. The molecule has 6 rings (SSSR count). The molecule has 23 N–H and O–H groups in total. The highest BCUT2D eigenvalue weighted by atomic mass is 16.4. The molecule has 13 amide bonds. The van der Waals surface area contributed by atoms with Crippen LogP contribution in [0.2, 0.25) is 0 Å². The fraction of sp³-hybridized carbons (Fsp3) is 0.448. The monoisotopic (exact) mass is 1450 g/mol. The van der Waals surface area contributed by atoms with Crippen molar-refractivity contribution in [1.82, 2.24) is 83.8 Å². The summed E-state index contributed by atoms with van der Waals surface area (Å²) < 4.78 is 1.29. The topological polar surface area (TPSA) is 592 Å². The second kappa shape index (κ2) is 39.2. The predicted octanol–water partition coefficient (Wildman–Crippen LogP) is -4.96. The number of carbonyl (C=O) groups excluding carboxylic acids is 13.